The van der Waals surface area contributed by atoms with Gasteiger partial charge in [-0.15, -0.1) is 0 Å². The van der Waals surface area contributed by atoms with Crippen LogP contribution in [-0.4, -0.2) is 44.9 Å². The van der Waals surface area contributed by atoms with Crippen LogP contribution in [0.5, 0.6) is 0 Å². The van der Waals surface area contributed by atoms with Crippen molar-refractivity contribution in [1.29, 1.82) is 0 Å². The molecule has 0 heterocycles. The molecule has 0 aromatic carbocycles. The third-order valence-corrected chi connectivity index (χ3v) is 8.05. The van der Waals surface area contributed by atoms with Crippen molar-refractivity contribution in [1.82, 2.24) is 10.6 Å². The van der Waals surface area contributed by atoms with Gasteiger partial charge in [0.1, 0.15) is 13.2 Å². The highest BCUT2D eigenvalue weighted by atomic mass is 19.4. The van der Waals surface area contributed by atoms with Crippen molar-refractivity contribution >= 4 is 5.91 Å². The first-order valence-corrected chi connectivity index (χ1v) is 12.5. The number of alkyl halides is 3. The first-order valence-electron chi connectivity index (χ1n) is 12.5. The Hall–Kier alpha value is -0.820. The highest BCUT2D eigenvalue weighted by Crippen LogP contribution is 2.47. The second kappa shape index (κ2) is 11.9. The largest absolute Gasteiger partial charge is 0.405 e. The quantitative estimate of drug-likeness (QED) is 0.520. The summed E-state index contributed by atoms with van der Waals surface area (Å²) >= 11 is 0. The van der Waals surface area contributed by atoms with Gasteiger partial charge >= 0.3 is 6.18 Å². The molecule has 0 spiro atoms. The number of carbonyl (C=O) groups excluding carboxylic acids is 1. The van der Waals surface area contributed by atoms with E-state index in [-0.39, 0.29) is 12.7 Å². The molecule has 4 nitrogen and oxygen atoms in total. The molecule has 0 radical (unpaired) electrons. The summed E-state index contributed by atoms with van der Waals surface area (Å²) in [5.41, 5.74) is 0. The van der Waals surface area contributed by atoms with Crippen LogP contribution < -0.4 is 10.6 Å². The molecule has 3 unspecified atom stereocenters. The molecule has 0 bridgehead atoms. The molecule has 3 aliphatic rings. The fourth-order valence-electron chi connectivity index (χ4n) is 6.58. The maximum atomic E-state index is 12.4. The van der Waals surface area contributed by atoms with Gasteiger partial charge in [-0.25, -0.2) is 0 Å². The van der Waals surface area contributed by atoms with Gasteiger partial charge in [0.05, 0.1) is 6.10 Å². The molecule has 0 aromatic rings. The Balaban J connectivity index is 1.66. The van der Waals surface area contributed by atoms with Gasteiger partial charge in [-0.05, 0) is 62.8 Å². The number of ether oxygens (including phenoxy) is 1. The van der Waals surface area contributed by atoms with Crippen LogP contribution in [-0.2, 0) is 9.53 Å². The molecule has 3 fully saturated rings. The van der Waals surface area contributed by atoms with E-state index in [1.807, 2.05) is 12.4 Å². The van der Waals surface area contributed by atoms with Crippen LogP contribution in [0.2, 0.25) is 0 Å². The second-order valence-corrected chi connectivity index (χ2v) is 10.2. The van der Waals surface area contributed by atoms with E-state index >= 15 is 0 Å². The zero-order valence-corrected chi connectivity index (χ0v) is 19.0. The van der Waals surface area contributed by atoms with Crippen molar-refractivity contribution < 1.29 is 22.7 Å². The summed E-state index contributed by atoms with van der Waals surface area (Å²) in [7, 11) is 1.97. The van der Waals surface area contributed by atoms with Gasteiger partial charge in [0, 0.05) is 12.5 Å². The van der Waals surface area contributed by atoms with Crippen LogP contribution in [0.3, 0.4) is 0 Å². The Bertz CT molecular complexity index is 551. The number of nitrogens with one attached hydrogen (secondary N) is 2. The van der Waals surface area contributed by atoms with E-state index in [9.17, 15) is 18.0 Å². The molecule has 3 rings (SSSR count). The molecule has 5 atom stereocenters. The maximum Gasteiger partial charge on any atom is 0.405 e. The minimum atomic E-state index is -4.40. The number of halogens is 3. The van der Waals surface area contributed by atoms with Crippen molar-refractivity contribution in [3.05, 3.63) is 0 Å². The van der Waals surface area contributed by atoms with Crippen molar-refractivity contribution in [3.63, 3.8) is 0 Å². The summed E-state index contributed by atoms with van der Waals surface area (Å²) in [6.07, 6.45) is 10.5. The lowest BCUT2D eigenvalue weighted by Gasteiger charge is -2.45. The number of hydrogen-bond acceptors (Lipinski definition) is 3. The standard InChI is InChI=1S/C24H41F3N2O2/c1-28-14-21(20-12-11-17-7-5-6-10-19(17)13-20)23(18-8-3-2-4-9-18)31-15-22(30)29-16-24(25,26)27/h17-21,23,28H,2-16H2,1H3,(H,29,30)/t17?,19?,20?,21-,23-/m1/s1. The predicted molar refractivity (Wildman–Crippen MR) is 116 cm³/mol. The van der Waals surface area contributed by atoms with Gasteiger partial charge in [-0.2, -0.15) is 13.2 Å². The fraction of sp³-hybridized carbons (Fsp3) is 0.958. The van der Waals surface area contributed by atoms with Gasteiger partial charge in [-0.3, -0.25) is 4.79 Å². The molecule has 0 saturated heterocycles. The monoisotopic (exact) mass is 446 g/mol. The van der Waals surface area contributed by atoms with Gasteiger partial charge in [-0.1, -0.05) is 44.9 Å². The van der Waals surface area contributed by atoms with Gasteiger partial charge in [0.2, 0.25) is 5.91 Å². The lowest BCUT2D eigenvalue weighted by molar-refractivity contribution is -0.145. The summed E-state index contributed by atoms with van der Waals surface area (Å²) in [5.74, 6) is 2.30. The lowest BCUT2D eigenvalue weighted by atomic mass is 9.63. The average molecular weight is 447 g/mol. The third-order valence-electron chi connectivity index (χ3n) is 8.05. The summed E-state index contributed by atoms with van der Waals surface area (Å²) in [5, 5.41) is 5.32. The minimum Gasteiger partial charge on any atom is -0.368 e. The Morgan fingerprint density at radius 1 is 0.935 bits per heavy atom. The van der Waals surface area contributed by atoms with Gasteiger partial charge in [0.25, 0.3) is 0 Å². The second-order valence-electron chi connectivity index (χ2n) is 10.2. The third kappa shape index (κ3) is 7.62. The van der Waals surface area contributed by atoms with E-state index in [4.69, 9.17) is 4.74 Å². The van der Waals surface area contributed by atoms with Crippen LogP contribution in [0.25, 0.3) is 0 Å². The van der Waals surface area contributed by atoms with Crippen LogP contribution in [0.4, 0.5) is 13.2 Å². The molecule has 1 amide bonds. The fourth-order valence-corrected chi connectivity index (χ4v) is 6.58. The Labute approximate surface area is 185 Å². The Morgan fingerprint density at radius 2 is 1.61 bits per heavy atom. The topological polar surface area (TPSA) is 50.4 Å². The molecule has 3 aliphatic carbocycles. The van der Waals surface area contributed by atoms with Crippen LogP contribution in [0.1, 0.15) is 77.0 Å². The molecule has 0 aromatic heterocycles. The zero-order chi connectivity index (χ0) is 22.3. The number of fused-ring (bicyclic) bond motifs is 1. The summed E-state index contributed by atoms with van der Waals surface area (Å²) in [6, 6.07) is 0. The highest BCUT2D eigenvalue weighted by Gasteiger charge is 2.41. The van der Waals surface area contributed by atoms with Crippen LogP contribution >= 0.6 is 0 Å². The summed E-state index contributed by atoms with van der Waals surface area (Å²) < 4.78 is 43.5. The van der Waals surface area contributed by atoms with Gasteiger partial charge in [0.15, 0.2) is 0 Å². The first kappa shape index (κ1) is 24.8. The molecule has 31 heavy (non-hydrogen) atoms. The van der Waals surface area contributed by atoms with Crippen molar-refractivity contribution in [2.24, 2.45) is 29.6 Å². The van der Waals surface area contributed by atoms with E-state index in [0.29, 0.717) is 17.8 Å². The molecular formula is C24H41F3N2O2. The van der Waals surface area contributed by atoms with E-state index in [1.54, 1.807) is 0 Å². The highest BCUT2D eigenvalue weighted by molar-refractivity contribution is 5.77. The normalized spacial score (nSPS) is 29.7. The molecule has 0 aliphatic heterocycles. The molecule has 180 valence electrons. The van der Waals surface area contributed by atoms with Gasteiger partial charge < -0.3 is 15.4 Å². The SMILES string of the molecule is CNC[C@H](C1CCC2CCCCC2C1)[C@H](OCC(=O)NCC(F)(F)F)C1CCCCC1. The number of rotatable bonds is 9. The number of hydrogen-bond donors (Lipinski definition) is 2. The van der Waals surface area contributed by atoms with Crippen molar-refractivity contribution in [3.8, 4) is 0 Å². The predicted octanol–water partition coefficient (Wildman–Crippen LogP) is 5.07. The summed E-state index contributed by atoms with van der Waals surface area (Å²) in [6.45, 7) is -0.738. The van der Waals surface area contributed by atoms with Crippen molar-refractivity contribution in [2.75, 3.05) is 26.7 Å². The smallest absolute Gasteiger partial charge is 0.368 e. The van der Waals surface area contributed by atoms with Crippen molar-refractivity contribution in [2.45, 2.75) is 89.3 Å². The summed E-state index contributed by atoms with van der Waals surface area (Å²) in [4.78, 5) is 12.1. The van der Waals surface area contributed by atoms with E-state index < -0.39 is 18.6 Å². The zero-order valence-electron chi connectivity index (χ0n) is 19.0. The molecule has 7 heteroatoms. The Kier molecular flexibility index (Phi) is 9.50. The maximum absolute atomic E-state index is 12.4. The molecule has 2 N–H and O–H groups in total. The Morgan fingerprint density at radius 3 is 2.29 bits per heavy atom. The molecule has 3 saturated carbocycles. The number of amides is 1. The van der Waals surface area contributed by atoms with E-state index in [1.165, 1.54) is 64.2 Å². The van der Waals surface area contributed by atoms with Crippen LogP contribution in [0.15, 0.2) is 0 Å². The van der Waals surface area contributed by atoms with Crippen LogP contribution in [0, 0.1) is 29.6 Å². The van der Waals surface area contributed by atoms with E-state index in [2.05, 4.69) is 5.32 Å². The minimum absolute atomic E-state index is 0.0606. The average Bonchev–Trinajstić information content (AvgIpc) is 2.77. The lowest BCUT2D eigenvalue weighted by Crippen LogP contribution is -2.46. The first-order chi connectivity index (χ1) is 14.9. The number of carbonyl (C=O) groups is 1. The van der Waals surface area contributed by atoms with E-state index in [0.717, 1.165) is 31.2 Å². The molecular weight excluding hydrogens is 405 g/mol.